The van der Waals surface area contributed by atoms with Gasteiger partial charge in [0.05, 0.1) is 5.56 Å². The Kier molecular flexibility index (Phi) is 4.68. The molecule has 1 aromatic rings. The fraction of sp³-hybridized carbons (Fsp3) is 0. The first-order valence-electron chi connectivity index (χ1n) is 3.46. The van der Waals surface area contributed by atoms with E-state index in [2.05, 4.69) is 0 Å². The average molecular weight is 209 g/mol. The van der Waals surface area contributed by atoms with Crippen LogP contribution in [-0.4, -0.2) is 18.3 Å². The highest BCUT2D eigenvalue weighted by Crippen LogP contribution is 2.06. The molecule has 0 aliphatic rings. The summed E-state index contributed by atoms with van der Waals surface area (Å²) in [7, 11) is -6.00. The van der Waals surface area contributed by atoms with Gasteiger partial charge in [0.2, 0.25) is 0 Å². The predicted octanol–water partition coefficient (Wildman–Crippen LogP) is 2.68. The molecule has 0 atom stereocenters. The molecule has 0 bridgehead atoms. The second-order valence-corrected chi connectivity index (χ2v) is 2.17. The lowest BCUT2D eigenvalue weighted by molar-refractivity contribution is 0.0697. The Morgan fingerprint density at radius 1 is 1.07 bits per heavy atom. The van der Waals surface area contributed by atoms with Crippen LogP contribution in [0, 0.1) is 0 Å². The molecule has 1 rings (SSSR count). The van der Waals surface area contributed by atoms with E-state index >= 15 is 0 Å². The summed E-state index contributed by atoms with van der Waals surface area (Å²) in [5.41, 5.74) is 0.331. The molecule has 78 valence electrons. The van der Waals surface area contributed by atoms with Crippen molar-refractivity contribution in [1.82, 2.24) is 0 Å². The van der Waals surface area contributed by atoms with Gasteiger partial charge >= 0.3 is 13.2 Å². The molecule has 0 aliphatic carbocycles. The molecule has 7 heteroatoms. The normalized spacial score (nSPS) is 10.0. The molecule has 0 heterocycles. The zero-order valence-corrected chi connectivity index (χ0v) is 6.83. The highest BCUT2D eigenvalue weighted by molar-refractivity contribution is 6.50. The van der Waals surface area contributed by atoms with Crippen molar-refractivity contribution in [3.8, 4) is 0 Å². The Hall–Kier alpha value is -1.53. The molecule has 0 amide bonds. The molecule has 14 heavy (non-hydrogen) atoms. The van der Waals surface area contributed by atoms with Crippen molar-refractivity contribution < 1.29 is 27.2 Å². The molecule has 0 fully saturated rings. The van der Waals surface area contributed by atoms with E-state index in [0.29, 0.717) is 5.56 Å². The molecule has 0 aromatic heterocycles. The standard InChI is InChI=1S/C7H6O2.BF4/c8-7(9)6-4-2-1-3-5-6;2-1(3,4)5/h1-5H,(H,8,9);/q;-1. The summed E-state index contributed by atoms with van der Waals surface area (Å²) in [4.78, 5) is 10.2. The predicted molar refractivity (Wildman–Crippen MR) is 43.6 cm³/mol. The quantitative estimate of drug-likeness (QED) is 0.570. The van der Waals surface area contributed by atoms with Gasteiger partial charge in [0, 0.05) is 0 Å². The largest absolute Gasteiger partial charge is 0.673 e. The number of aromatic carboxylic acids is 1. The lowest BCUT2D eigenvalue weighted by Crippen LogP contribution is -2.02. The molecule has 0 aliphatic heterocycles. The third-order valence-corrected chi connectivity index (χ3v) is 1.02. The smallest absolute Gasteiger partial charge is 0.478 e. The summed E-state index contributed by atoms with van der Waals surface area (Å²) >= 11 is 0. The van der Waals surface area contributed by atoms with E-state index in [1.54, 1.807) is 30.3 Å². The van der Waals surface area contributed by atoms with Crippen LogP contribution in [0.4, 0.5) is 17.3 Å². The fourth-order valence-corrected chi connectivity index (χ4v) is 0.581. The van der Waals surface area contributed by atoms with Crippen molar-refractivity contribution in [2.45, 2.75) is 0 Å². The number of hydrogen-bond donors (Lipinski definition) is 1. The van der Waals surface area contributed by atoms with Gasteiger partial charge < -0.3 is 22.4 Å². The van der Waals surface area contributed by atoms with Gasteiger partial charge in [0.1, 0.15) is 0 Å². The highest BCUT2D eigenvalue weighted by atomic mass is 19.5. The maximum absolute atomic E-state index is 10.2. The van der Waals surface area contributed by atoms with E-state index in [1.165, 1.54) is 0 Å². The lowest BCUT2D eigenvalue weighted by Gasteiger charge is -1.94. The van der Waals surface area contributed by atoms with Gasteiger partial charge in [-0.15, -0.1) is 0 Å². The van der Waals surface area contributed by atoms with Crippen LogP contribution in [0.2, 0.25) is 0 Å². The Morgan fingerprint density at radius 3 is 1.64 bits per heavy atom. The van der Waals surface area contributed by atoms with Crippen molar-refractivity contribution >= 4 is 13.2 Å². The molecule has 2 nitrogen and oxygen atoms in total. The molecule has 0 unspecified atom stereocenters. The number of carbonyl (C=O) groups is 1. The van der Waals surface area contributed by atoms with E-state index < -0.39 is 13.2 Å². The second kappa shape index (κ2) is 5.26. The van der Waals surface area contributed by atoms with Crippen molar-refractivity contribution in [2.24, 2.45) is 0 Å². The van der Waals surface area contributed by atoms with Crippen LogP contribution < -0.4 is 0 Å². The molecule has 0 spiro atoms. The number of carboxylic acid groups (broad SMARTS) is 1. The van der Waals surface area contributed by atoms with Crippen LogP contribution in [0.15, 0.2) is 30.3 Å². The first kappa shape index (κ1) is 12.5. The Labute approximate surface area is 77.3 Å². The molecular formula is C7H6BF4O2-. The summed E-state index contributed by atoms with van der Waals surface area (Å²) in [5.74, 6) is -0.879. The summed E-state index contributed by atoms with van der Waals surface area (Å²) in [6.07, 6.45) is 0. The zero-order valence-electron chi connectivity index (χ0n) is 6.83. The number of rotatable bonds is 1. The highest BCUT2D eigenvalue weighted by Gasteiger charge is 2.20. The fourth-order valence-electron chi connectivity index (χ4n) is 0.581. The van der Waals surface area contributed by atoms with Crippen molar-refractivity contribution in [3.63, 3.8) is 0 Å². The van der Waals surface area contributed by atoms with Gasteiger partial charge in [-0.05, 0) is 12.1 Å². The van der Waals surface area contributed by atoms with Crippen LogP contribution in [0.25, 0.3) is 0 Å². The number of halogens is 4. The number of hydrogen-bond acceptors (Lipinski definition) is 1. The topological polar surface area (TPSA) is 37.3 Å². The number of benzene rings is 1. The first-order chi connectivity index (χ1) is 6.30. The molecule has 0 radical (unpaired) electrons. The molecule has 1 N–H and O–H groups in total. The van der Waals surface area contributed by atoms with Crippen LogP contribution in [0.3, 0.4) is 0 Å². The van der Waals surface area contributed by atoms with Gasteiger partial charge in [0.25, 0.3) is 0 Å². The summed E-state index contributed by atoms with van der Waals surface area (Å²) in [6, 6.07) is 8.30. The lowest BCUT2D eigenvalue weighted by atomic mass is 10.2. The monoisotopic (exact) mass is 209 g/mol. The Bertz CT molecular complexity index is 279. The SMILES string of the molecule is F[B-](F)(F)F.O=C(O)c1ccccc1. The van der Waals surface area contributed by atoms with E-state index in [0.717, 1.165) is 0 Å². The third-order valence-electron chi connectivity index (χ3n) is 1.02. The van der Waals surface area contributed by atoms with Gasteiger partial charge in [-0.1, -0.05) is 18.2 Å². The van der Waals surface area contributed by atoms with E-state index in [9.17, 15) is 22.1 Å². The van der Waals surface area contributed by atoms with Crippen LogP contribution >= 0.6 is 0 Å². The molecule has 0 saturated carbocycles. The third kappa shape index (κ3) is 8.57. The van der Waals surface area contributed by atoms with Gasteiger partial charge in [-0.2, -0.15) is 0 Å². The Balaban J connectivity index is 0.000000292. The van der Waals surface area contributed by atoms with Crippen molar-refractivity contribution in [2.75, 3.05) is 0 Å². The van der Waals surface area contributed by atoms with E-state index in [4.69, 9.17) is 5.11 Å². The number of carboxylic acids is 1. The minimum absolute atomic E-state index is 0.331. The van der Waals surface area contributed by atoms with Crippen LogP contribution in [0.1, 0.15) is 10.4 Å². The van der Waals surface area contributed by atoms with Crippen molar-refractivity contribution in [1.29, 1.82) is 0 Å². The zero-order chi connectivity index (χ0) is 11.2. The molecule has 1 aromatic carbocycles. The van der Waals surface area contributed by atoms with Crippen LogP contribution in [0.5, 0.6) is 0 Å². The minimum atomic E-state index is -6.00. The maximum atomic E-state index is 10.2. The summed E-state index contributed by atoms with van der Waals surface area (Å²) < 4.78 is 39.0. The van der Waals surface area contributed by atoms with Gasteiger partial charge in [-0.3, -0.25) is 0 Å². The maximum Gasteiger partial charge on any atom is 0.673 e. The molecular weight excluding hydrogens is 203 g/mol. The first-order valence-corrected chi connectivity index (χ1v) is 3.46. The minimum Gasteiger partial charge on any atom is -0.478 e. The average Bonchev–Trinajstić information content (AvgIpc) is 2.03. The van der Waals surface area contributed by atoms with Gasteiger partial charge in [0.15, 0.2) is 0 Å². The van der Waals surface area contributed by atoms with E-state index in [1.807, 2.05) is 0 Å². The van der Waals surface area contributed by atoms with Crippen molar-refractivity contribution in [3.05, 3.63) is 35.9 Å². The molecule has 0 saturated heterocycles. The summed E-state index contributed by atoms with van der Waals surface area (Å²) in [5, 5.41) is 8.38. The second-order valence-electron chi connectivity index (χ2n) is 2.17. The Morgan fingerprint density at radius 2 is 1.43 bits per heavy atom. The summed E-state index contributed by atoms with van der Waals surface area (Å²) in [6.45, 7) is 0. The van der Waals surface area contributed by atoms with Crippen LogP contribution in [-0.2, 0) is 0 Å². The van der Waals surface area contributed by atoms with E-state index in [-0.39, 0.29) is 0 Å². The van der Waals surface area contributed by atoms with Gasteiger partial charge in [-0.25, -0.2) is 4.79 Å².